The molecule has 0 bridgehead atoms. The Labute approximate surface area is 176 Å². The number of fused-ring (bicyclic) bond motifs is 1. The van der Waals surface area contributed by atoms with Crippen LogP contribution in [0.25, 0.3) is 10.9 Å². The first kappa shape index (κ1) is 19.6. The number of halogens is 1. The van der Waals surface area contributed by atoms with E-state index in [9.17, 15) is 5.26 Å². The molecule has 6 nitrogen and oxygen atoms in total. The number of hydrogen-bond acceptors (Lipinski definition) is 5. The minimum absolute atomic E-state index is 0.404. The highest BCUT2D eigenvalue weighted by Crippen LogP contribution is 2.30. The van der Waals surface area contributed by atoms with Crippen molar-refractivity contribution in [2.45, 2.75) is 13.8 Å². The highest BCUT2D eigenvalue weighted by molar-refractivity contribution is 6.35. The zero-order chi connectivity index (χ0) is 20.4. The smallest absolute Gasteiger partial charge is 0.144 e. The first-order chi connectivity index (χ1) is 14.0. The molecular weight excluding hydrogens is 384 g/mol. The number of aromatic amines is 1. The molecule has 3 aromatic rings. The lowest BCUT2D eigenvalue weighted by Crippen LogP contribution is -2.47. The van der Waals surface area contributed by atoms with Crippen molar-refractivity contribution >= 4 is 39.7 Å². The summed E-state index contributed by atoms with van der Waals surface area (Å²) in [5.41, 5.74) is 3.22. The Bertz CT molecular complexity index is 1040. The third-order valence-corrected chi connectivity index (χ3v) is 5.49. The van der Waals surface area contributed by atoms with Gasteiger partial charge in [-0.3, -0.25) is 4.90 Å². The summed E-state index contributed by atoms with van der Waals surface area (Å²) >= 11 is 6.39. The van der Waals surface area contributed by atoms with Crippen molar-refractivity contribution < 1.29 is 0 Å². The van der Waals surface area contributed by atoms with Crippen LogP contribution < -0.4 is 10.2 Å². The Morgan fingerprint density at radius 1 is 1.21 bits per heavy atom. The van der Waals surface area contributed by atoms with Crippen molar-refractivity contribution in [2.24, 2.45) is 5.92 Å². The van der Waals surface area contributed by atoms with Crippen LogP contribution in [0.2, 0.25) is 5.02 Å². The Hall–Kier alpha value is -2.75. The fourth-order valence-corrected chi connectivity index (χ4v) is 4.15. The standard InChI is InChI=1S/C22H25ClN6/c1-15(2)14-28-5-7-29(8-6-28)18-9-17(13-24)27-22(12-18)26-16-10-20(23)19-3-4-25-21(19)11-16/h3-4,9-12,15,25H,5-8,14H2,1-2H3,(H,26,27). The zero-order valence-corrected chi connectivity index (χ0v) is 17.5. The van der Waals surface area contributed by atoms with Gasteiger partial charge < -0.3 is 15.2 Å². The number of piperazine rings is 1. The van der Waals surface area contributed by atoms with Gasteiger partial charge in [0.25, 0.3) is 0 Å². The summed E-state index contributed by atoms with van der Waals surface area (Å²) < 4.78 is 0. The Morgan fingerprint density at radius 3 is 2.72 bits per heavy atom. The molecule has 1 saturated heterocycles. The number of aromatic nitrogens is 2. The zero-order valence-electron chi connectivity index (χ0n) is 16.7. The SMILES string of the molecule is CC(C)CN1CCN(c2cc(C#N)nc(Nc3cc(Cl)c4cc[nH]c4c3)c2)CC1. The van der Waals surface area contributed by atoms with Crippen LogP contribution in [0.3, 0.4) is 0 Å². The van der Waals surface area contributed by atoms with Crippen LogP contribution >= 0.6 is 11.6 Å². The summed E-state index contributed by atoms with van der Waals surface area (Å²) in [6.07, 6.45) is 1.87. The van der Waals surface area contributed by atoms with E-state index in [-0.39, 0.29) is 0 Å². The summed E-state index contributed by atoms with van der Waals surface area (Å²) in [5, 5.41) is 14.4. The molecule has 0 amide bonds. The predicted octanol–water partition coefficient (Wildman–Crippen LogP) is 4.61. The Balaban J connectivity index is 1.55. The van der Waals surface area contributed by atoms with E-state index in [1.165, 1.54) is 0 Å². The van der Waals surface area contributed by atoms with Gasteiger partial charge in [0, 0.05) is 67.3 Å². The molecule has 2 N–H and O–H groups in total. The molecule has 3 heterocycles. The molecule has 1 aliphatic rings. The molecule has 0 unspecified atom stereocenters. The van der Waals surface area contributed by atoms with Crippen molar-refractivity contribution in [3.8, 4) is 6.07 Å². The minimum Gasteiger partial charge on any atom is -0.369 e. The maximum Gasteiger partial charge on any atom is 0.144 e. The number of benzene rings is 1. The van der Waals surface area contributed by atoms with Gasteiger partial charge in [0.1, 0.15) is 17.6 Å². The lowest BCUT2D eigenvalue weighted by molar-refractivity contribution is 0.231. The number of rotatable bonds is 5. The van der Waals surface area contributed by atoms with E-state index >= 15 is 0 Å². The fraction of sp³-hybridized carbons (Fsp3) is 0.364. The molecule has 4 rings (SSSR count). The van der Waals surface area contributed by atoms with Crippen LogP contribution in [0.1, 0.15) is 19.5 Å². The lowest BCUT2D eigenvalue weighted by atomic mass is 10.2. The highest BCUT2D eigenvalue weighted by atomic mass is 35.5. The van der Waals surface area contributed by atoms with Gasteiger partial charge in [-0.25, -0.2) is 4.98 Å². The summed E-state index contributed by atoms with van der Waals surface area (Å²) in [6.45, 7) is 9.59. The molecule has 0 atom stereocenters. The molecule has 2 aromatic heterocycles. The summed E-state index contributed by atoms with van der Waals surface area (Å²) in [4.78, 5) is 12.4. The number of anilines is 3. The van der Waals surface area contributed by atoms with Crippen LogP contribution in [0, 0.1) is 17.2 Å². The molecule has 1 aliphatic heterocycles. The van der Waals surface area contributed by atoms with E-state index < -0.39 is 0 Å². The van der Waals surface area contributed by atoms with Crippen molar-refractivity contribution in [1.82, 2.24) is 14.9 Å². The van der Waals surface area contributed by atoms with Gasteiger partial charge in [-0.15, -0.1) is 0 Å². The molecule has 29 heavy (non-hydrogen) atoms. The lowest BCUT2D eigenvalue weighted by Gasteiger charge is -2.37. The van der Waals surface area contributed by atoms with E-state index in [0.29, 0.717) is 22.5 Å². The Kier molecular flexibility index (Phi) is 5.61. The molecule has 0 aliphatic carbocycles. The maximum atomic E-state index is 9.46. The molecule has 0 saturated carbocycles. The van der Waals surface area contributed by atoms with Crippen molar-refractivity contribution in [3.63, 3.8) is 0 Å². The average molecular weight is 409 g/mol. The van der Waals surface area contributed by atoms with Crippen LogP contribution in [-0.4, -0.2) is 47.6 Å². The van der Waals surface area contributed by atoms with Crippen LogP contribution in [-0.2, 0) is 0 Å². The molecular formula is C22H25ClN6. The monoisotopic (exact) mass is 408 g/mol. The van der Waals surface area contributed by atoms with Crippen molar-refractivity contribution in [2.75, 3.05) is 42.9 Å². The molecule has 0 spiro atoms. The third-order valence-electron chi connectivity index (χ3n) is 5.18. The number of nitrogens with zero attached hydrogens (tertiary/aromatic N) is 4. The van der Waals surface area contributed by atoms with Gasteiger partial charge in [0.05, 0.1) is 5.02 Å². The van der Waals surface area contributed by atoms with Gasteiger partial charge in [-0.2, -0.15) is 5.26 Å². The van der Waals surface area contributed by atoms with Crippen LogP contribution in [0.5, 0.6) is 0 Å². The van der Waals surface area contributed by atoms with Gasteiger partial charge in [-0.1, -0.05) is 25.4 Å². The van der Waals surface area contributed by atoms with Crippen molar-refractivity contribution in [3.05, 3.63) is 47.2 Å². The summed E-state index contributed by atoms with van der Waals surface area (Å²) in [7, 11) is 0. The molecule has 7 heteroatoms. The van der Waals surface area contributed by atoms with E-state index in [2.05, 4.69) is 45.0 Å². The van der Waals surface area contributed by atoms with Gasteiger partial charge in [0.2, 0.25) is 0 Å². The molecule has 150 valence electrons. The second-order valence-corrected chi connectivity index (χ2v) is 8.32. The number of hydrogen-bond donors (Lipinski definition) is 2. The van der Waals surface area contributed by atoms with E-state index in [1.54, 1.807) is 0 Å². The highest BCUT2D eigenvalue weighted by Gasteiger charge is 2.19. The van der Waals surface area contributed by atoms with Gasteiger partial charge >= 0.3 is 0 Å². The maximum absolute atomic E-state index is 9.46. The number of H-pyrrole nitrogens is 1. The normalized spacial score (nSPS) is 15.1. The first-order valence-corrected chi connectivity index (χ1v) is 10.3. The number of nitrogens with one attached hydrogen (secondary N) is 2. The number of nitriles is 1. The van der Waals surface area contributed by atoms with E-state index in [1.807, 2.05) is 36.5 Å². The van der Waals surface area contributed by atoms with Crippen molar-refractivity contribution in [1.29, 1.82) is 5.26 Å². The summed E-state index contributed by atoms with van der Waals surface area (Å²) in [6, 6.07) is 11.9. The second kappa shape index (κ2) is 8.32. The quantitative estimate of drug-likeness (QED) is 0.645. The van der Waals surface area contributed by atoms with Crippen LogP contribution in [0.4, 0.5) is 17.2 Å². The fourth-order valence-electron chi connectivity index (χ4n) is 3.87. The topological polar surface area (TPSA) is 71.0 Å². The molecule has 0 radical (unpaired) electrons. The first-order valence-electron chi connectivity index (χ1n) is 9.95. The number of pyridine rings is 1. The molecule has 1 aromatic carbocycles. The van der Waals surface area contributed by atoms with Crippen LogP contribution in [0.15, 0.2) is 36.5 Å². The molecule has 1 fully saturated rings. The van der Waals surface area contributed by atoms with E-state index in [0.717, 1.165) is 55.0 Å². The van der Waals surface area contributed by atoms with Gasteiger partial charge in [0.15, 0.2) is 0 Å². The second-order valence-electron chi connectivity index (χ2n) is 7.91. The Morgan fingerprint density at radius 2 is 2.00 bits per heavy atom. The third kappa shape index (κ3) is 4.47. The summed E-state index contributed by atoms with van der Waals surface area (Å²) in [5.74, 6) is 1.32. The average Bonchev–Trinajstić information content (AvgIpc) is 3.17. The largest absolute Gasteiger partial charge is 0.369 e. The minimum atomic E-state index is 0.404. The van der Waals surface area contributed by atoms with Gasteiger partial charge in [-0.05, 0) is 30.2 Å². The van der Waals surface area contributed by atoms with E-state index in [4.69, 9.17) is 11.6 Å². The predicted molar refractivity (Wildman–Crippen MR) is 119 cm³/mol.